The minimum atomic E-state index is 0.763. The summed E-state index contributed by atoms with van der Waals surface area (Å²) in [6.07, 6.45) is 6.94. The zero-order valence-corrected chi connectivity index (χ0v) is 11.1. The first-order chi connectivity index (χ1) is 8.29. The minimum absolute atomic E-state index is 0.763. The summed E-state index contributed by atoms with van der Waals surface area (Å²) in [5, 5.41) is 0. The normalized spacial score (nSPS) is 45.7. The van der Waals surface area contributed by atoms with Gasteiger partial charge < -0.3 is 10.6 Å². The highest BCUT2D eigenvalue weighted by Gasteiger charge is 2.40. The van der Waals surface area contributed by atoms with Gasteiger partial charge in [0.2, 0.25) is 0 Å². The maximum atomic E-state index is 5.93. The molecule has 1 aliphatic carbocycles. The van der Waals surface area contributed by atoms with Crippen molar-refractivity contribution in [3.05, 3.63) is 0 Å². The molecule has 2 N–H and O–H groups in total. The number of nitrogens with two attached hydrogens (primary N) is 1. The topological polar surface area (TPSA) is 32.5 Å². The Bertz CT molecular complexity index is 268. The SMILES string of the molecule is CN(C1CCCC1CN)C1CCN2CCC1C2. The zero-order valence-electron chi connectivity index (χ0n) is 11.1. The second-order valence-electron chi connectivity index (χ2n) is 6.36. The fourth-order valence-corrected chi connectivity index (χ4v) is 4.54. The van der Waals surface area contributed by atoms with Gasteiger partial charge in [0.25, 0.3) is 0 Å². The summed E-state index contributed by atoms with van der Waals surface area (Å²) in [5.74, 6) is 1.70. The Morgan fingerprint density at radius 1 is 1.12 bits per heavy atom. The molecule has 5 atom stereocenters. The zero-order chi connectivity index (χ0) is 11.8. The Morgan fingerprint density at radius 3 is 2.76 bits per heavy atom. The van der Waals surface area contributed by atoms with E-state index in [1.54, 1.807) is 0 Å². The summed E-state index contributed by atoms with van der Waals surface area (Å²) >= 11 is 0. The third-order valence-electron chi connectivity index (χ3n) is 5.56. The third-order valence-corrected chi connectivity index (χ3v) is 5.56. The predicted octanol–water partition coefficient (Wildman–Crippen LogP) is 1.14. The lowest BCUT2D eigenvalue weighted by Crippen LogP contribution is -2.50. The lowest BCUT2D eigenvalue weighted by molar-refractivity contribution is 0.0716. The van der Waals surface area contributed by atoms with E-state index in [1.165, 1.54) is 51.7 Å². The highest BCUT2D eigenvalue weighted by atomic mass is 15.2. The van der Waals surface area contributed by atoms with Crippen LogP contribution in [0.15, 0.2) is 0 Å². The quantitative estimate of drug-likeness (QED) is 0.799. The molecule has 3 aliphatic rings. The first kappa shape index (κ1) is 11.9. The van der Waals surface area contributed by atoms with Crippen LogP contribution in [0.25, 0.3) is 0 Å². The van der Waals surface area contributed by atoms with Crippen LogP contribution in [0.3, 0.4) is 0 Å². The number of hydrogen-bond acceptors (Lipinski definition) is 3. The first-order valence-corrected chi connectivity index (χ1v) is 7.44. The van der Waals surface area contributed by atoms with Crippen molar-refractivity contribution in [3.63, 3.8) is 0 Å². The van der Waals surface area contributed by atoms with Crippen LogP contribution < -0.4 is 5.73 Å². The van der Waals surface area contributed by atoms with Gasteiger partial charge in [0.1, 0.15) is 0 Å². The lowest BCUT2D eigenvalue weighted by atomic mass is 9.90. The summed E-state index contributed by atoms with van der Waals surface area (Å²) in [7, 11) is 2.37. The maximum absolute atomic E-state index is 5.93. The third kappa shape index (κ3) is 2.13. The average Bonchev–Trinajstić information content (AvgIpc) is 2.96. The second kappa shape index (κ2) is 4.87. The van der Waals surface area contributed by atoms with E-state index < -0.39 is 0 Å². The van der Waals surface area contributed by atoms with E-state index in [-0.39, 0.29) is 0 Å². The van der Waals surface area contributed by atoms with E-state index in [4.69, 9.17) is 5.73 Å². The molecule has 0 aromatic heterocycles. The molecule has 0 aromatic carbocycles. The van der Waals surface area contributed by atoms with Crippen molar-refractivity contribution in [1.29, 1.82) is 0 Å². The van der Waals surface area contributed by atoms with Crippen molar-refractivity contribution >= 4 is 0 Å². The number of rotatable bonds is 3. The number of hydrogen-bond donors (Lipinski definition) is 1. The Kier molecular flexibility index (Phi) is 3.42. The van der Waals surface area contributed by atoms with Crippen LogP contribution in [-0.2, 0) is 0 Å². The van der Waals surface area contributed by atoms with Gasteiger partial charge in [-0.2, -0.15) is 0 Å². The molecule has 3 heteroatoms. The van der Waals surface area contributed by atoms with Crippen molar-refractivity contribution < 1.29 is 0 Å². The minimum Gasteiger partial charge on any atom is -0.330 e. The van der Waals surface area contributed by atoms with Crippen LogP contribution in [0, 0.1) is 11.8 Å². The molecule has 0 spiro atoms. The van der Waals surface area contributed by atoms with Gasteiger partial charge in [-0.3, -0.25) is 4.90 Å². The van der Waals surface area contributed by atoms with Crippen LogP contribution in [0.4, 0.5) is 0 Å². The standard InChI is InChI=1S/C14H27N3/c1-16(13-4-2-3-11(13)9-15)14-6-8-17-7-5-12(14)10-17/h11-14H,2-10,15H2,1H3. The fraction of sp³-hybridized carbons (Fsp3) is 1.00. The molecule has 0 amide bonds. The lowest BCUT2D eigenvalue weighted by Gasteiger charge is -2.41. The molecule has 2 bridgehead atoms. The smallest absolute Gasteiger partial charge is 0.0148 e. The maximum Gasteiger partial charge on any atom is 0.0148 e. The first-order valence-electron chi connectivity index (χ1n) is 7.44. The molecule has 0 radical (unpaired) electrons. The fourth-order valence-electron chi connectivity index (χ4n) is 4.54. The van der Waals surface area contributed by atoms with E-state index in [2.05, 4.69) is 16.8 Å². The van der Waals surface area contributed by atoms with Gasteiger partial charge >= 0.3 is 0 Å². The number of fused-ring (bicyclic) bond motifs is 2. The number of nitrogens with zero attached hydrogens (tertiary/aromatic N) is 2. The largest absolute Gasteiger partial charge is 0.330 e. The molecule has 3 rings (SSSR count). The van der Waals surface area contributed by atoms with Crippen molar-refractivity contribution in [2.24, 2.45) is 17.6 Å². The average molecular weight is 237 g/mol. The molecular formula is C14H27N3. The molecule has 3 nitrogen and oxygen atoms in total. The van der Waals surface area contributed by atoms with Gasteiger partial charge in [-0.25, -0.2) is 0 Å². The molecule has 5 unspecified atom stereocenters. The summed E-state index contributed by atoms with van der Waals surface area (Å²) in [6, 6.07) is 1.61. The second-order valence-corrected chi connectivity index (χ2v) is 6.36. The van der Waals surface area contributed by atoms with E-state index in [9.17, 15) is 0 Å². The van der Waals surface area contributed by atoms with Crippen molar-refractivity contribution in [3.8, 4) is 0 Å². The van der Waals surface area contributed by atoms with Crippen molar-refractivity contribution in [2.45, 2.75) is 44.2 Å². The summed E-state index contributed by atoms with van der Waals surface area (Å²) in [4.78, 5) is 5.36. The Balaban J connectivity index is 1.66. The van der Waals surface area contributed by atoms with Crippen LogP contribution in [0.1, 0.15) is 32.1 Å². The highest BCUT2D eigenvalue weighted by Crippen LogP contribution is 2.36. The van der Waals surface area contributed by atoms with Crippen LogP contribution in [0.5, 0.6) is 0 Å². The van der Waals surface area contributed by atoms with E-state index >= 15 is 0 Å². The summed E-state index contributed by atoms with van der Waals surface area (Å²) in [5.41, 5.74) is 5.93. The molecule has 1 saturated carbocycles. The van der Waals surface area contributed by atoms with Crippen LogP contribution in [0.2, 0.25) is 0 Å². The molecule has 0 aromatic rings. The Hall–Kier alpha value is -0.120. The van der Waals surface area contributed by atoms with Gasteiger partial charge in [0, 0.05) is 18.6 Å². The van der Waals surface area contributed by atoms with Gasteiger partial charge in [0.05, 0.1) is 0 Å². The van der Waals surface area contributed by atoms with Crippen LogP contribution >= 0.6 is 0 Å². The van der Waals surface area contributed by atoms with Gasteiger partial charge in [-0.05, 0) is 64.2 Å². The van der Waals surface area contributed by atoms with Gasteiger partial charge in [-0.15, -0.1) is 0 Å². The molecule has 2 aliphatic heterocycles. The van der Waals surface area contributed by atoms with Crippen molar-refractivity contribution in [1.82, 2.24) is 9.80 Å². The highest BCUT2D eigenvalue weighted by molar-refractivity contribution is 4.95. The Morgan fingerprint density at radius 2 is 1.94 bits per heavy atom. The van der Waals surface area contributed by atoms with E-state index in [1.807, 2.05) is 0 Å². The van der Waals surface area contributed by atoms with Crippen molar-refractivity contribution in [2.75, 3.05) is 33.2 Å². The molecule has 98 valence electrons. The van der Waals surface area contributed by atoms with Gasteiger partial charge in [-0.1, -0.05) is 6.42 Å². The molecule has 2 saturated heterocycles. The monoisotopic (exact) mass is 237 g/mol. The van der Waals surface area contributed by atoms with Crippen LogP contribution in [-0.4, -0.2) is 55.1 Å². The summed E-state index contributed by atoms with van der Waals surface area (Å²) < 4.78 is 0. The molecule has 2 heterocycles. The number of piperidine rings is 1. The Labute approximate surface area is 105 Å². The summed E-state index contributed by atoms with van der Waals surface area (Å²) in [6.45, 7) is 4.92. The van der Waals surface area contributed by atoms with E-state index in [0.29, 0.717) is 0 Å². The molecule has 17 heavy (non-hydrogen) atoms. The molecular weight excluding hydrogens is 210 g/mol. The van der Waals surface area contributed by atoms with Gasteiger partial charge in [0.15, 0.2) is 0 Å². The van der Waals surface area contributed by atoms with E-state index in [0.717, 1.165) is 30.5 Å². The molecule has 3 fully saturated rings. The predicted molar refractivity (Wildman–Crippen MR) is 70.9 cm³/mol.